The van der Waals surface area contributed by atoms with Crippen LogP contribution in [0, 0.1) is 5.82 Å². The summed E-state index contributed by atoms with van der Waals surface area (Å²) in [4.78, 5) is 26.0. The van der Waals surface area contributed by atoms with Crippen LogP contribution in [-0.4, -0.2) is 57.6 Å². The number of rotatable bonds is 4. The van der Waals surface area contributed by atoms with Crippen molar-refractivity contribution in [1.29, 1.82) is 0 Å². The van der Waals surface area contributed by atoms with Gasteiger partial charge >= 0.3 is 12.1 Å². The first-order chi connectivity index (χ1) is 11.5. The van der Waals surface area contributed by atoms with Crippen molar-refractivity contribution in [2.24, 2.45) is 0 Å². The average Bonchev–Trinajstić information content (AvgIpc) is 2.94. The van der Waals surface area contributed by atoms with Crippen LogP contribution in [0.25, 0.3) is 0 Å². The zero-order valence-corrected chi connectivity index (χ0v) is 13.4. The second kappa shape index (κ2) is 7.04. The first-order valence-electron chi connectivity index (χ1n) is 7.78. The Morgan fingerprint density at radius 3 is 2.79 bits per heavy atom. The maximum Gasteiger partial charge on any atom is 0.414 e. The van der Waals surface area contributed by atoms with Crippen molar-refractivity contribution in [2.75, 3.05) is 49.3 Å². The summed E-state index contributed by atoms with van der Waals surface area (Å²) in [5, 5.41) is 0. The van der Waals surface area contributed by atoms with Gasteiger partial charge in [0.05, 0.1) is 31.1 Å². The van der Waals surface area contributed by atoms with Crippen LogP contribution >= 0.6 is 0 Å². The topological polar surface area (TPSA) is 68.3 Å². The molecule has 2 heterocycles. The molecule has 2 saturated heterocycles. The summed E-state index contributed by atoms with van der Waals surface area (Å²) in [5.74, 6) is -0.837. The summed E-state index contributed by atoms with van der Waals surface area (Å²) in [6.45, 7) is 3.89. The maximum atomic E-state index is 14.4. The first kappa shape index (κ1) is 16.5. The quantitative estimate of drug-likeness (QED) is 0.776. The highest BCUT2D eigenvalue weighted by Crippen LogP contribution is 2.28. The van der Waals surface area contributed by atoms with Crippen LogP contribution in [0.1, 0.15) is 6.92 Å². The number of morpholine rings is 1. The summed E-state index contributed by atoms with van der Waals surface area (Å²) < 4.78 is 29.7. The number of cyclic esters (lactones) is 1. The van der Waals surface area contributed by atoms with Gasteiger partial charge in [0.25, 0.3) is 0 Å². The van der Waals surface area contributed by atoms with Gasteiger partial charge in [0.2, 0.25) is 0 Å². The highest BCUT2D eigenvalue weighted by molar-refractivity contribution is 5.90. The van der Waals surface area contributed by atoms with Gasteiger partial charge in [-0.2, -0.15) is 0 Å². The molecule has 0 spiro atoms. The molecule has 0 radical (unpaired) electrons. The number of ether oxygens (including phenoxy) is 3. The van der Waals surface area contributed by atoms with E-state index in [1.54, 1.807) is 12.1 Å². The summed E-state index contributed by atoms with van der Waals surface area (Å²) in [7, 11) is 0. The minimum absolute atomic E-state index is 0.00802. The third-order valence-corrected chi connectivity index (χ3v) is 3.94. The number of carbonyl (C=O) groups is 2. The summed E-state index contributed by atoms with van der Waals surface area (Å²) >= 11 is 0. The van der Waals surface area contributed by atoms with Crippen LogP contribution in [-0.2, 0) is 19.0 Å². The fourth-order valence-corrected chi connectivity index (χ4v) is 2.75. The standard InChI is InChI=1S/C16H19FN2O5/c1-11(20)23-10-13-9-19(16(21)24-13)12-2-3-15(14(17)8-12)18-4-6-22-7-5-18/h2-3,8,13H,4-7,9-10H2,1H3/t13-/m1/s1. The molecule has 0 aromatic heterocycles. The third kappa shape index (κ3) is 3.59. The van der Waals surface area contributed by atoms with E-state index in [2.05, 4.69) is 0 Å². The van der Waals surface area contributed by atoms with Gasteiger partial charge in [-0.05, 0) is 18.2 Å². The Labute approximate surface area is 138 Å². The van der Waals surface area contributed by atoms with Crippen LogP contribution < -0.4 is 9.80 Å². The number of nitrogens with zero attached hydrogens (tertiary/aromatic N) is 2. The average molecular weight is 338 g/mol. The van der Waals surface area contributed by atoms with Crippen LogP contribution in [0.4, 0.5) is 20.6 Å². The molecule has 1 amide bonds. The zero-order valence-electron chi connectivity index (χ0n) is 13.4. The van der Waals surface area contributed by atoms with E-state index in [1.807, 2.05) is 4.90 Å². The Morgan fingerprint density at radius 2 is 2.12 bits per heavy atom. The molecule has 0 aliphatic carbocycles. The smallest absolute Gasteiger partial charge is 0.414 e. The minimum Gasteiger partial charge on any atom is -0.462 e. The van der Waals surface area contributed by atoms with Gasteiger partial charge in [-0.25, -0.2) is 9.18 Å². The molecule has 1 aromatic carbocycles. The molecule has 0 N–H and O–H groups in total. The number of esters is 1. The van der Waals surface area contributed by atoms with E-state index in [1.165, 1.54) is 17.9 Å². The Hall–Kier alpha value is -2.35. The molecule has 24 heavy (non-hydrogen) atoms. The molecular formula is C16H19FN2O5. The molecule has 2 aliphatic rings. The van der Waals surface area contributed by atoms with Crippen molar-refractivity contribution in [3.8, 4) is 0 Å². The summed E-state index contributed by atoms with van der Waals surface area (Å²) in [6.07, 6.45) is -1.13. The van der Waals surface area contributed by atoms with E-state index in [-0.39, 0.29) is 13.2 Å². The fourth-order valence-electron chi connectivity index (χ4n) is 2.75. The van der Waals surface area contributed by atoms with E-state index < -0.39 is 24.0 Å². The van der Waals surface area contributed by atoms with Crippen LogP contribution in [0.2, 0.25) is 0 Å². The number of hydrogen-bond donors (Lipinski definition) is 0. The van der Waals surface area contributed by atoms with E-state index in [9.17, 15) is 14.0 Å². The molecule has 7 nitrogen and oxygen atoms in total. The number of carbonyl (C=O) groups excluding carboxylic acids is 2. The Morgan fingerprint density at radius 1 is 1.38 bits per heavy atom. The van der Waals surface area contributed by atoms with Gasteiger partial charge in [-0.15, -0.1) is 0 Å². The molecule has 8 heteroatoms. The summed E-state index contributed by atoms with van der Waals surface area (Å²) in [6, 6.07) is 4.66. The van der Waals surface area contributed by atoms with Crippen LogP contribution in [0.15, 0.2) is 18.2 Å². The monoisotopic (exact) mass is 338 g/mol. The molecular weight excluding hydrogens is 319 g/mol. The normalized spacial score (nSPS) is 20.9. The van der Waals surface area contributed by atoms with E-state index >= 15 is 0 Å². The van der Waals surface area contributed by atoms with Crippen molar-refractivity contribution < 1.29 is 28.2 Å². The molecule has 2 aliphatic heterocycles. The van der Waals surface area contributed by atoms with Crippen molar-refractivity contribution in [2.45, 2.75) is 13.0 Å². The second-order valence-corrected chi connectivity index (χ2v) is 5.65. The molecule has 1 atom stereocenters. The van der Waals surface area contributed by atoms with E-state index in [0.29, 0.717) is 37.7 Å². The molecule has 0 saturated carbocycles. The lowest BCUT2D eigenvalue weighted by molar-refractivity contribution is -0.143. The Bertz CT molecular complexity index is 633. The van der Waals surface area contributed by atoms with Gasteiger partial charge in [0.1, 0.15) is 12.4 Å². The fraction of sp³-hybridized carbons (Fsp3) is 0.500. The largest absolute Gasteiger partial charge is 0.462 e. The Kier molecular flexibility index (Phi) is 4.84. The molecule has 1 aromatic rings. The first-order valence-corrected chi connectivity index (χ1v) is 7.78. The third-order valence-electron chi connectivity index (χ3n) is 3.94. The molecule has 130 valence electrons. The van der Waals surface area contributed by atoms with Crippen molar-refractivity contribution in [3.05, 3.63) is 24.0 Å². The van der Waals surface area contributed by atoms with Gasteiger partial charge in [0.15, 0.2) is 6.10 Å². The zero-order chi connectivity index (χ0) is 17.1. The number of hydrogen-bond acceptors (Lipinski definition) is 6. The van der Waals surface area contributed by atoms with Crippen LogP contribution in [0.5, 0.6) is 0 Å². The number of anilines is 2. The molecule has 0 unspecified atom stereocenters. The van der Waals surface area contributed by atoms with Crippen molar-refractivity contribution >= 4 is 23.4 Å². The Balaban J connectivity index is 1.69. The van der Waals surface area contributed by atoms with Crippen molar-refractivity contribution in [1.82, 2.24) is 0 Å². The summed E-state index contributed by atoms with van der Waals surface area (Å²) in [5.41, 5.74) is 0.908. The molecule has 0 bridgehead atoms. The predicted octanol–water partition coefficient (Wildman–Crippen LogP) is 1.55. The number of halogens is 1. The number of amides is 1. The lowest BCUT2D eigenvalue weighted by Gasteiger charge is -2.29. The maximum absolute atomic E-state index is 14.4. The van der Waals surface area contributed by atoms with E-state index in [4.69, 9.17) is 14.2 Å². The van der Waals surface area contributed by atoms with Gasteiger partial charge in [-0.3, -0.25) is 9.69 Å². The highest BCUT2D eigenvalue weighted by atomic mass is 19.1. The van der Waals surface area contributed by atoms with E-state index in [0.717, 1.165) is 0 Å². The van der Waals surface area contributed by atoms with Gasteiger partial charge in [0, 0.05) is 20.0 Å². The van der Waals surface area contributed by atoms with Crippen molar-refractivity contribution in [3.63, 3.8) is 0 Å². The lowest BCUT2D eigenvalue weighted by Crippen LogP contribution is -2.36. The van der Waals surface area contributed by atoms with Gasteiger partial charge < -0.3 is 19.1 Å². The van der Waals surface area contributed by atoms with Gasteiger partial charge in [-0.1, -0.05) is 0 Å². The molecule has 3 rings (SSSR count). The molecule has 2 fully saturated rings. The number of benzene rings is 1. The predicted molar refractivity (Wildman–Crippen MR) is 83.7 cm³/mol. The second-order valence-electron chi connectivity index (χ2n) is 5.65. The minimum atomic E-state index is -0.578. The highest BCUT2D eigenvalue weighted by Gasteiger charge is 2.33. The lowest BCUT2D eigenvalue weighted by atomic mass is 10.2. The SMILES string of the molecule is CC(=O)OC[C@H]1CN(c2ccc(N3CCOCC3)c(F)c2)C(=O)O1. The van der Waals surface area contributed by atoms with Crippen LogP contribution in [0.3, 0.4) is 0 Å².